The Balaban J connectivity index is 1.32. The molecule has 220 valence electrons. The molecule has 2 aliphatic rings. The Hall–Kier alpha value is -4.33. The van der Waals surface area contributed by atoms with Crippen LogP contribution in [0.3, 0.4) is 0 Å². The number of carbonyl (C=O) groups excluding carboxylic acids is 2. The molecule has 2 aliphatic heterocycles. The number of anilines is 1. The minimum atomic E-state index is -0.514. The molecule has 0 aliphatic carbocycles. The number of hydrogen-bond acceptors (Lipinski definition) is 7. The first-order chi connectivity index (χ1) is 20.0. The van der Waals surface area contributed by atoms with Crippen molar-refractivity contribution in [2.45, 2.75) is 59.8 Å². The SMILES string of the molecule is COC(=O)C1=CCN(c2cccc(-c3cc(C)ccc3OCc3ccc4c(c3C)CCN(C(=O)OC(C)(C)C)C4)n2)C1. The first kappa shape index (κ1) is 29.2. The Morgan fingerprint density at radius 2 is 1.83 bits per heavy atom. The molecule has 0 saturated carbocycles. The number of hydrogen-bond donors (Lipinski definition) is 0. The average molecular weight is 570 g/mol. The van der Waals surface area contributed by atoms with Crippen molar-refractivity contribution in [3.05, 3.63) is 88.0 Å². The Morgan fingerprint density at radius 3 is 2.60 bits per heavy atom. The second-order valence-electron chi connectivity index (χ2n) is 11.9. The van der Waals surface area contributed by atoms with Crippen LogP contribution < -0.4 is 9.64 Å². The van der Waals surface area contributed by atoms with Crippen molar-refractivity contribution in [1.29, 1.82) is 0 Å². The lowest BCUT2D eigenvalue weighted by molar-refractivity contribution is -0.136. The minimum absolute atomic E-state index is 0.271. The lowest BCUT2D eigenvalue weighted by Gasteiger charge is -2.32. The first-order valence-corrected chi connectivity index (χ1v) is 14.3. The molecule has 8 heteroatoms. The summed E-state index contributed by atoms with van der Waals surface area (Å²) < 4.78 is 16.9. The van der Waals surface area contributed by atoms with E-state index in [1.165, 1.54) is 18.2 Å². The Labute approximate surface area is 247 Å². The smallest absolute Gasteiger partial charge is 0.410 e. The van der Waals surface area contributed by atoms with E-state index in [4.69, 9.17) is 19.2 Å². The van der Waals surface area contributed by atoms with Crippen LogP contribution in [-0.2, 0) is 33.8 Å². The van der Waals surface area contributed by atoms with Crippen molar-refractivity contribution in [3.8, 4) is 17.0 Å². The number of fused-ring (bicyclic) bond motifs is 1. The van der Waals surface area contributed by atoms with Gasteiger partial charge in [0.25, 0.3) is 0 Å². The highest BCUT2D eigenvalue weighted by Gasteiger charge is 2.27. The van der Waals surface area contributed by atoms with Gasteiger partial charge in [-0.3, -0.25) is 0 Å². The number of aryl methyl sites for hydroxylation is 1. The second kappa shape index (κ2) is 11.9. The number of rotatable bonds is 6. The summed E-state index contributed by atoms with van der Waals surface area (Å²) in [5, 5.41) is 0. The number of methoxy groups -OCH3 is 1. The summed E-state index contributed by atoms with van der Waals surface area (Å²) in [5.41, 5.74) is 7.71. The molecule has 0 radical (unpaired) electrons. The second-order valence-corrected chi connectivity index (χ2v) is 11.9. The van der Waals surface area contributed by atoms with E-state index in [0.29, 0.717) is 38.4 Å². The normalized spacial score (nSPS) is 14.8. The molecule has 5 rings (SSSR count). The maximum absolute atomic E-state index is 12.6. The lowest BCUT2D eigenvalue weighted by Crippen LogP contribution is -2.40. The van der Waals surface area contributed by atoms with Gasteiger partial charge in [0.2, 0.25) is 0 Å². The molecular weight excluding hydrogens is 530 g/mol. The maximum Gasteiger partial charge on any atom is 0.410 e. The van der Waals surface area contributed by atoms with Gasteiger partial charge in [0, 0.05) is 25.2 Å². The van der Waals surface area contributed by atoms with Gasteiger partial charge in [0.1, 0.15) is 23.8 Å². The molecule has 0 saturated heterocycles. The quantitative estimate of drug-likeness (QED) is 0.329. The van der Waals surface area contributed by atoms with Crippen molar-refractivity contribution in [2.24, 2.45) is 0 Å². The van der Waals surface area contributed by atoms with Crippen LogP contribution in [0.25, 0.3) is 11.3 Å². The number of amides is 1. The Morgan fingerprint density at radius 1 is 1.02 bits per heavy atom. The standard InChI is InChI=1S/C34H39N3O5/c1-22-10-13-30(28(18-22)29-8-7-9-31(35-29)36-16-14-25(20-36)32(38)40-6)41-21-26-12-11-24-19-37(17-15-27(24)23(26)2)33(39)42-34(3,4)5/h7-14,18H,15-17,19-21H2,1-6H3. The third-order valence-electron chi connectivity index (χ3n) is 7.67. The van der Waals surface area contributed by atoms with Gasteiger partial charge in [-0.05, 0) is 87.6 Å². The Bertz CT molecular complexity index is 1540. The van der Waals surface area contributed by atoms with Crippen molar-refractivity contribution >= 4 is 17.9 Å². The molecule has 8 nitrogen and oxygen atoms in total. The highest BCUT2D eigenvalue weighted by atomic mass is 16.6. The number of nitrogens with zero attached hydrogens (tertiary/aromatic N) is 3. The predicted molar refractivity (Wildman–Crippen MR) is 163 cm³/mol. The van der Waals surface area contributed by atoms with Crippen LogP contribution in [-0.4, -0.2) is 54.3 Å². The zero-order valence-corrected chi connectivity index (χ0v) is 25.3. The number of aromatic nitrogens is 1. The van der Waals surface area contributed by atoms with Gasteiger partial charge in [-0.2, -0.15) is 0 Å². The predicted octanol–water partition coefficient (Wildman–Crippen LogP) is 6.16. The first-order valence-electron chi connectivity index (χ1n) is 14.3. The van der Waals surface area contributed by atoms with E-state index in [0.717, 1.165) is 45.9 Å². The molecule has 0 fully saturated rings. The fraction of sp³-hybridized carbons (Fsp3) is 0.382. The summed E-state index contributed by atoms with van der Waals surface area (Å²) in [4.78, 5) is 33.3. The molecule has 2 aromatic carbocycles. The average Bonchev–Trinajstić information content (AvgIpc) is 3.46. The monoisotopic (exact) mass is 569 g/mol. The summed E-state index contributed by atoms with van der Waals surface area (Å²) in [6, 6.07) is 16.2. The molecule has 0 N–H and O–H groups in total. The molecular formula is C34H39N3O5. The number of carbonyl (C=O) groups is 2. The molecule has 42 heavy (non-hydrogen) atoms. The summed E-state index contributed by atoms with van der Waals surface area (Å²) in [6.45, 7) is 12.5. The van der Waals surface area contributed by atoms with Crippen molar-refractivity contribution in [3.63, 3.8) is 0 Å². The van der Waals surface area contributed by atoms with Crippen molar-refractivity contribution < 1.29 is 23.8 Å². The van der Waals surface area contributed by atoms with E-state index in [1.54, 1.807) is 4.90 Å². The van der Waals surface area contributed by atoms with Crippen LogP contribution >= 0.6 is 0 Å². The fourth-order valence-corrected chi connectivity index (χ4v) is 5.41. The number of pyridine rings is 1. The van der Waals surface area contributed by atoms with Crippen LogP contribution in [0, 0.1) is 13.8 Å². The molecule has 0 spiro atoms. The summed E-state index contributed by atoms with van der Waals surface area (Å²) in [6.07, 6.45) is 2.40. The minimum Gasteiger partial charge on any atom is -0.488 e. The maximum atomic E-state index is 12.6. The number of benzene rings is 2. The van der Waals surface area contributed by atoms with Crippen LogP contribution in [0.2, 0.25) is 0 Å². The van der Waals surface area contributed by atoms with Gasteiger partial charge in [-0.25, -0.2) is 14.6 Å². The third kappa shape index (κ3) is 6.43. The molecule has 0 unspecified atom stereocenters. The van der Waals surface area contributed by atoms with Gasteiger partial charge in [-0.15, -0.1) is 0 Å². The van der Waals surface area contributed by atoms with Gasteiger partial charge in [0.15, 0.2) is 0 Å². The van der Waals surface area contributed by atoms with E-state index < -0.39 is 5.60 Å². The van der Waals surface area contributed by atoms with E-state index >= 15 is 0 Å². The molecule has 0 bridgehead atoms. The van der Waals surface area contributed by atoms with E-state index in [1.807, 2.05) is 62.1 Å². The molecule has 1 amide bonds. The van der Waals surface area contributed by atoms with E-state index in [9.17, 15) is 9.59 Å². The molecule has 0 atom stereocenters. The fourth-order valence-electron chi connectivity index (χ4n) is 5.41. The molecule has 1 aromatic heterocycles. The Kier molecular flexibility index (Phi) is 8.25. The topological polar surface area (TPSA) is 81.2 Å². The molecule has 3 heterocycles. The van der Waals surface area contributed by atoms with Gasteiger partial charge in [0.05, 0.1) is 24.9 Å². The van der Waals surface area contributed by atoms with Crippen LogP contribution in [0.5, 0.6) is 5.75 Å². The van der Waals surface area contributed by atoms with Gasteiger partial charge >= 0.3 is 12.1 Å². The van der Waals surface area contributed by atoms with Crippen LogP contribution in [0.1, 0.15) is 48.6 Å². The van der Waals surface area contributed by atoms with Crippen molar-refractivity contribution in [2.75, 3.05) is 31.6 Å². The van der Waals surface area contributed by atoms with E-state index in [-0.39, 0.29) is 12.1 Å². The van der Waals surface area contributed by atoms with Crippen LogP contribution in [0.4, 0.5) is 10.6 Å². The lowest BCUT2D eigenvalue weighted by atomic mass is 9.92. The third-order valence-corrected chi connectivity index (χ3v) is 7.67. The summed E-state index contributed by atoms with van der Waals surface area (Å²) in [5.74, 6) is 1.25. The largest absolute Gasteiger partial charge is 0.488 e. The highest BCUT2D eigenvalue weighted by Crippen LogP contribution is 2.33. The van der Waals surface area contributed by atoms with Gasteiger partial charge < -0.3 is 24.0 Å². The zero-order chi connectivity index (χ0) is 30.0. The zero-order valence-electron chi connectivity index (χ0n) is 25.3. The summed E-state index contributed by atoms with van der Waals surface area (Å²) >= 11 is 0. The van der Waals surface area contributed by atoms with E-state index in [2.05, 4.69) is 32.0 Å². The van der Waals surface area contributed by atoms with Crippen LogP contribution in [0.15, 0.2) is 60.2 Å². The van der Waals surface area contributed by atoms with Gasteiger partial charge in [-0.1, -0.05) is 35.9 Å². The van der Waals surface area contributed by atoms with Crippen molar-refractivity contribution in [1.82, 2.24) is 9.88 Å². The molecule has 3 aromatic rings. The summed E-state index contributed by atoms with van der Waals surface area (Å²) in [7, 11) is 1.40. The highest BCUT2D eigenvalue weighted by molar-refractivity contribution is 5.90. The number of ether oxygens (including phenoxy) is 3. The number of esters is 1.